The molecule has 3 atom stereocenters. The van der Waals surface area contributed by atoms with Crippen LogP contribution in [0.15, 0.2) is 16.6 Å². The molecule has 1 saturated heterocycles. The first-order valence-electron chi connectivity index (χ1n) is 6.69. The number of rotatable bonds is 4. The van der Waals surface area contributed by atoms with Gasteiger partial charge in [0.25, 0.3) is 0 Å². The van der Waals surface area contributed by atoms with Crippen molar-refractivity contribution >= 4 is 15.9 Å². The molecule has 0 radical (unpaired) electrons. The number of ether oxygens (including phenoxy) is 2. The Labute approximate surface area is 123 Å². The predicted molar refractivity (Wildman–Crippen MR) is 80.8 cm³/mol. The van der Waals surface area contributed by atoms with Crippen molar-refractivity contribution in [3.05, 3.63) is 27.7 Å². The minimum atomic E-state index is 0.261. The van der Waals surface area contributed by atoms with Crippen LogP contribution in [0.25, 0.3) is 0 Å². The van der Waals surface area contributed by atoms with Gasteiger partial charge >= 0.3 is 0 Å². The van der Waals surface area contributed by atoms with Crippen LogP contribution >= 0.6 is 15.9 Å². The Bertz CT molecular complexity index is 450. The van der Waals surface area contributed by atoms with Crippen LogP contribution in [0.1, 0.15) is 30.5 Å². The molecular weight excluding hydrogens is 306 g/mol. The van der Waals surface area contributed by atoms with Gasteiger partial charge in [-0.2, -0.15) is 0 Å². The fourth-order valence-corrected chi connectivity index (χ4v) is 3.18. The van der Waals surface area contributed by atoms with Gasteiger partial charge in [0.2, 0.25) is 0 Å². The van der Waals surface area contributed by atoms with Crippen molar-refractivity contribution in [1.82, 2.24) is 5.32 Å². The number of halogens is 1. The summed E-state index contributed by atoms with van der Waals surface area (Å²) < 4.78 is 12.4. The van der Waals surface area contributed by atoms with Crippen LogP contribution in [-0.2, 0) is 4.74 Å². The van der Waals surface area contributed by atoms with Gasteiger partial charge in [-0.15, -0.1) is 0 Å². The molecule has 1 fully saturated rings. The second-order valence-corrected chi connectivity index (χ2v) is 6.10. The molecule has 1 N–H and O–H groups in total. The second kappa shape index (κ2) is 6.25. The highest BCUT2D eigenvalue weighted by molar-refractivity contribution is 9.10. The first-order chi connectivity index (χ1) is 9.06. The summed E-state index contributed by atoms with van der Waals surface area (Å²) in [5, 5.41) is 3.42. The Morgan fingerprint density at radius 2 is 2.21 bits per heavy atom. The van der Waals surface area contributed by atoms with Crippen LogP contribution in [-0.4, -0.2) is 26.9 Å². The summed E-state index contributed by atoms with van der Waals surface area (Å²) in [5.74, 6) is 1.43. The lowest BCUT2D eigenvalue weighted by molar-refractivity contribution is 0.117. The van der Waals surface area contributed by atoms with Gasteiger partial charge in [-0.05, 0) is 45.0 Å². The maximum absolute atomic E-state index is 5.70. The molecule has 1 heterocycles. The smallest absolute Gasteiger partial charge is 0.123 e. The van der Waals surface area contributed by atoms with Gasteiger partial charge < -0.3 is 14.8 Å². The molecule has 0 saturated carbocycles. The molecule has 3 nitrogen and oxygen atoms in total. The normalized spacial score (nSPS) is 24.5. The zero-order valence-corrected chi connectivity index (χ0v) is 13.6. The minimum absolute atomic E-state index is 0.261. The molecule has 19 heavy (non-hydrogen) atoms. The Kier molecular flexibility index (Phi) is 4.87. The van der Waals surface area contributed by atoms with E-state index in [0.717, 1.165) is 23.2 Å². The van der Waals surface area contributed by atoms with E-state index in [0.29, 0.717) is 12.0 Å². The fourth-order valence-electron chi connectivity index (χ4n) is 2.82. The van der Waals surface area contributed by atoms with Crippen LogP contribution in [0.2, 0.25) is 0 Å². The number of nitrogens with one attached hydrogen (secondary N) is 1. The van der Waals surface area contributed by atoms with E-state index in [-0.39, 0.29) is 6.04 Å². The van der Waals surface area contributed by atoms with Crippen LogP contribution in [0.5, 0.6) is 5.75 Å². The van der Waals surface area contributed by atoms with Crippen molar-refractivity contribution in [2.24, 2.45) is 5.92 Å². The molecule has 3 unspecified atom stereocenters. The number of aryl methyl sites for hydroxylation is 1. The molecule has 0 bridgehead atoms. The van der Waals surface area contributed by atoms with Gasteiger partial charge in [0, 0.05) is 22.0 Å². The molecule has 1 aliphatic rings. The third kappa shape index (κ3) is 3.12. The third-order valence-electron chi connectivity index (χ3n) is 3.86. The topological polar surface area (TPSA) is 30.5 Å². The molecule has 0 amide bonds. The molecule has 1 aromatic carbocycles. The molecule has 106 valence electrons. The summed E-state index contributed by atoms with van der Waals surface area (Å²) in [6, 6.07) is 4.51. The summed E-state index contributed by atoms with van der Waals surface area (Å²) >= 11 is 3.61. The standard InChI is InChI=1S/C15H22BrNO2/c1-9-5-14(18-4)12(7-13(9)16)15(17-3)11-6-10(2)19-8-11/h5,7,10-11,15,17H,6,8H2,1-4H3. The summed E-state index contributed by atoms with van der Waals surface area (Å²) in [7, 11) is 3.73. The third-order valence-corrected chi connectivity index (χ3v) is 4.71. The molecule has 0 aliphatic carbocycles. The van der Waals surface area contributed by atoms with Gasteiger partial charge in [0.1, 0.15) is 5.75 Å². The molecule has 1 aliphatic heterocycles. The van der Waals surface area contributed by atoms with Gasteiger partial charge in [-0.3, -0.25) is 0 Å². The van der Waals surface area contributed by atoms with Crippen LogP contribution < -0.4 is 10.1 Å². The molecule has 0 aromatic heterocycles. The number of methoxy groups -OCH3 is 1. The number of benzene rings is 1. The van der Waals surface area contributed by atoms with Gasteiger partial charge in [-0.25, -0.2) is 0 Å². The average Bonchev–Trinajstić information content (AvgIpc) is 2.81. The van der Waals surface area contributed by atoms with E-state index in [1.807, 2.05) is 7.05 Å². The number of hydrogen-bond acceptors (Lipinski definition) is 3. The molecule has 0 spiro atoms. The molecular formula is C15H22BrNO2. The van der Waals surface area contributed by atoms with Gasteiger partial charge in [0.15, 0.2) is 0 Å². The Morgan fingerprint density at radius 3 is 2.74 bits per heavy atom. The number of hydrogen-bond donors (Lipinski definition) is 1. The SMILES string of the molecule is CNC(c1cc(Br)c(C)cc1OC)C1COC(C)C1. The van der Waals surface area contributed by atoms with Gasteiger partial charge in [-0.1, -0.05) is 15.9 Å². The fraction of sp³-hybridized carbons (Fsp3) is 0.600. The lowest BCUT2D eigenvalue weighted by atomic mass is 9.90. The minimum Gasteiger partial charge on any atom is -0.496 e. The Morgan fingerprint density at radius 1 is 1.47 bits per heavy atom. The van der Waals surface area contributed by atoms with Gasteiger partial charge in [0.05, 0.1) is 19.8 Å². The first kappa shape index (κ1) is 14.8. The van der Waals surface area contributed by atoms with E-state index in [2.05, 4.69) is 47.2 Å². The van der Waals surface area contributed by atoms with Crippen LogP contribution in [0.4, 0.5) is 0 Å². The monoisotopic (exact) mass is 327 g/mol. The highest BCUT2D eigenvalue weighted by Gasteiger charge is 2.31. The van der Waals surface area contributed by atoms with Crippen molar-refractivity contribution in [3.63, 3.8) is 0 Å². The zero-order chi connectivity index (χ0) is 14.0. The van der Waals surface area contributed by atoms with E-state index >= 15 is 0 Å². The Hall–Kier alpha value is -0.580. The zero-order valence-electron chi connectivity index (χ0n) is 12.0. The summed E-state index contributed by atoms with van der Waals surface area (Å²) in [5.41, 5.74) is 2.39. The quantitative estimate of drug-likeness (QED) is 0.918. The summed E-state index contributed by atoms with van der Waals surface area (Å²) in [6.45, 7) is 5.02. The van der Waals surface area contributed by atoms with Crippen molar-refractivity contribution < 1.29 is 9.47 Å². The first-order valence-corrected chi connectivity index (χ1v) is 7.49. The van der Waals surface area contributed by atoms with E-state index in [4.69, 9.17) is 9.47 Å². The van der Waals surface area contributed by atoms with Crippen LogP contribution in [0, 0.1) is 12.8 Å². The largest absolute Gasteiger partial charge is 0.496 e. The van der Waals surface area contributed by atoms with E-state index < -0.39 is 0 Å². The molecule has 2 rings (SSSR count). The maximum Gasteiger partial charge on any atom is 0.123 e. The van der Waals surface area contributed by atoms with Crippen molar-refractivity contribution in [3.8, 4) is 5.75 Å². The van der Waals surface area contributed by atoms with E-state index in [9.17, 15) is 0 Å². The van der Waals surface area contributed by atoms with E-state index in [1.165, 1.54) is 11.1 Å². The Balaban J connectivity index is 2.34. The maximum atomic E-state index is 5.70. The van der Waals surface area contributed by atoms with Crippen LogP contribution in [0.3, 0.4) is 0 Å². The van der Waals surface area contributed by atoms with Crippen molar-refractivity contribution in [2.45, 2.75) is 32.4 Å². The lowest BCUT2D eigenvalue weighted by Crippen LogP contribution is -2.26. The highest BCUT2D eigenvalue weighted by Crippen LogP contribution is 2.38. The second-order valence-electron chi connectivity index (χ2n) is 5.25. The van der Waals surface area contributed by atoms with Crippen molar-refractivity contribution in [1.29, 1.82) is 0 Å². The van der Waals surface area contributed by atoms with Crippen molar-refractivity contribution in [2.75, 3.05) is 20.8 Å². The molecule has 4 heteroatoms. The summed E-state index contributed by atoms with van der Waals surface area (Å²) in [4.78, 5) is 0. The lowest BCUT2D eigenvalue weighted by Gasteiger charge is -2.25. The molecule has 1 aromatic rings. The average molecular weight is 328 g/mol. The predicted octanol–water partition coefficient (Wildman–Crippen LogP) is 3.45. The van der Waals surface area contributed by atoms with E-state index in [1.54, 1.807) is 7.11 Å². The summed E-state index contributed by atoms with van der Waals surface area (Å²) in [6.07, 6.45) is 1.43. The highest BCUT2D eigenvalue weighted by atomic mass is 79.9.